The summed E-state index contributed by atoms with van der Waals surface area (Å²) in [6.45, 7) is 0.0426. The second-order valence-electron chi connectivity index (χ2n) is 2.54. The van der Waals surface area contributed by atoms with Crippen molar-refractivity contribution in [2.45, 2.75) is 12.9 Å². The third-order valence-electron chi connectivity index (χ3n) is 1.48. The van der Waals surface area contributed by atoms with Crippen molar-refractivity contribution in [2.24, 2.45) is 5.73 Å². The third-order valence-corrected chi connectivity index (χ3v) is 1.48. The smallest absolute Gasteiger partial charge is 0.403 e. The van der Waals surface area contributed by atoms with E-state index in [9.17, 15) is 13.2 Å². The molecule has 1 rings (SSSR count). The van der Waals surface area contributed by atoms with Gasteiger partial charge in [0.15, 0.2) is 5.75 Å². The van der Waals surface area contributed by atoms with E-state index >= 15 is 0 Å². The zero-order valence-corrected chi connectivity index (χ0v) is 7.38. The van der Waals surface area contributed by atoms with Crippen LogP contribution in [-0.4, -0.2) is 11.3 Å². The lowest BCUT2D eigenvalue weighted by atomic mass is 10.2. The first-order chi connectivity index (χ1) is 6.96. The molecular weight excluding hydrogens is 211 g/mol. The van der Waals surface area contributed by atoms with Crippen molar-refractivity contribution in [1.29, 1.82) is 5.26 Å². The van der Waals surface area contributed by atoms with Crippen molar-refractivity contribution in [3.8, 4) is 11.8 Å². The molecule has 0 aromatic carbocycles. The maximum Gasteiger partial charge on any atom is 0.573 e. The highest BCUT2D eigenvalue weighted by Gasteiger charge is 2.32. The van der Waals surface area contributed by atoms with Crippen molar-refractivity contribution in [2.75, 3.05) is 0 Å². The molecule has 0 fully saturated rings. The van der Waals surface area contributed by atoms with E-state index in [2.05, 4.69) is 9.72 Å². The lowest BCUT2D eigenvalue weighted by Gasteiger charge is -2.09. The summed E-state index contributed by atoms with van der Waals surface area (Å²) in [4.78, 5) is 3.59. The minimum atomic E-state index is -4.84. The lowest BCUT2D eigenvalue weighted by molar-refractivity contribution is -0.274. The van der Waals surface area contributed by atoms with Gasteiger partial charge in [0.25, 0.3) is 0 Å². The van der Waals surface area contributed by atoms with Gasteiger partial charge in [-0.25, -0.2) is 0 Å². The van der Waals surface area contributed by atoms with Gasteiger partial charge in [0, 0.05) is 6.54 Å². The minimum Gasteiger partial charge on any atom is -0.403 e. The molecule has 0 saturated heterocycles. The number of halogens is 3. The van der Waals surface area contributed by atoms with Crippen molar-refractivity contribution in [3.05, 3.63) is 23.5 Å². The van der Waals surface area contributed by atoms with E-state index < -0.39 is 12.1 Å². The summed E-state index contributed by atoms with van der Waals surface area (Å²) in [5.74, 6) is -0.623. The van der Waals surface area contributed by atoms with Crippen molar-refractivity contribution in [1.82, 2.24) is 4.98 Å². The van der Waals surface area contributed by atoms with Crippen molar-refractivity contribution < 1.29 is 17.9 Å². The van der Waals surface area contributed by atoms with Gasteiger partial charge >= 0.3 is 6.36 Å². The van der Waals surface area contributed by atoms with Gasteiger partial charge in [-0.2, -0.15) is 5.26 Å². The van der Waals surface area contributed by atoms with Gasteiger partial charge in [0.05, 0.1) is 17.5 Å². The zero-order valence-electron chi connectivity index (χ0n) is 7.38. The van der Waals surface area contributed by atoms with Gasteiger partial charge < -0.3 is 10.5 Å². The summed E-state index contributed by atoms with van der Waals surface area (Å²) < 4.78 is 39.2. The van der Waals surface area contributed by atoms with Crippen molar-refractivity contribution >= 4 is 0 Å². The fourth-order valence-corrected chi connectivity index (χ4v) is 0.891. The highest BCUT2D eigenvalue weighted by Crippen LogP contribution is 2.25. The second-order valence-corrected chi connectivity index (χ2v) is 2.54. The summed E-state index contributed by atoms with van der Waals surface area (Å²) in [5.41, 5.74) is 5.29. The molecule has 1 aromatic rings. The second kappa shape index (κ2) is 4.14. The SMILES string of the molecule is N#Cc1cc(CN)ncc1OC(F)(F)F. The molecule has 1 heterocycles. The van der Waals surface area contributed by atoms with Gasteiger partial charge in [-0.3, -0.25) is 4.98 Å². The summed E-state index contributed by atoms with van der Waals surface area (Å²) in [7, 11) is 0. The maximum atomic E-state index is 11.9. The fourth-order valence-electron chi connectivity index (χ4n) is 0.891. The average Bonchev–Trinajstić information content (AvgIpc) is 2.16. The quantitative estimate of drug-likeness (QED) is 0.810. The molecule has 7 heteroatoms. The number of alkyl halides is 3. The van der Waals surface area contributed by atoms with Gasteiger partial charge in [0.1, 0.15) is 6.07 Å². The van der Waals surface area contributed by atoms with Crippen LogP contribution < -0.4 is 10.5 Å². The Morgan fingerprint density at radius 2 is 2.20 bits per heavy atom. The van der Waals surface area contributed by atoms with Crippen molar-refractivity contribution in [3.63, 3.8) is 0 Å². The number of pyridine rings is 1. The summed E-state index contributed by atoms with van der Waals surface area (Å²) in [6, 6.07) is 2.73. The number of nitrogens with two attached hydrogens (primary N) is 1. The van der Waals surface area contributed by atoms with Gasteiger partial charge in [0.2, 0.25) is 0 Å². The van der Waals surface area contributed by atoms with E-state index in [-0.39, 0.29) is 12.1 Å². The fraction of sp³-hybridized carbons (Fsp3) is 0.250. The van der Waals surface area contributed by atoms with E-state index in [1.165, 1.54) is 0 Å². The molecule has 0 amide bonds. The van der Waals surface area contributed by atoms with E-state index in [1.54, 1.807) is 6.07 Å². The maximum absolute atomic E-state index is 11.9. The highest BCUT2D eigenvalue weighted by molar-refractivity contribution is 5.42. The molecule has 2 N–H and O–H groups in total. The zero-order chi connectivity index (χ0) is 11.5. The molecular formula is C8H6F3N3O. The molecule has 15 heavy (non-hydrogen) atoms. The highest BCUT2D eigenvalue weighted by atomic mass is 19.4. The first-order valence-corrected chi connectivity index (χ1v) is 3.81. The molecule has 0 bridgehead atoms. The van der Waals surface area contributed by atoms with Crippen LogP contribution in [0.15, 0.2) is 12.3 Å². The Hall–Kier alpha value is -1.81. The van der Waals surface area contributed by atoms with Gasteiger partial charge in [-0.05, 0) is 6.07 Å². The molecule has 0 spiro atoms. The van der Waals surface area contributed by atoms with Crippen LogP contribution in [0.5, 0.6) is 5.75 Å². The van der Waals surface area contributed by atoms with Crippen LogP contribution in [0.2, 0.25) is 0 Å². The van der Waals surface area contributed by atoms with E-state index in [1.807, 2.05) is 0 Å². The Balaban J connectivity index is 3.04. The summed E-state index contributed by atoms with van der Waals surface area (Å²) in [5, 5.41) is 8.57. The molecule has 0 aliphatic rings. The molecule has 0 saturated carbocycles. The van der Waals surface area contributed by atoms with Crippen LogP contribution >= 0.6 is 0 Å². The van der Waals surface area contributed by atoms with Crippen LogP contribution in [0, 0.1) is 11.3 Å². The number of nitriles is 1. The van der Waals surface area contributed by atoms with Gasteiger partial charge in [-0.15, -0.1) is 13.2 Å². The van der Waals surface area contributed by atoms with E-state index in [4.69, 9.17) is 11.0 Å². The van der Waals surface area contributed by atoms with E-state index in [0.29, 0.717) is 5.69 Å². The molecule has 4 nitrogen and oxygen atoms in total. The average molecular weight is 217 g/mol. The monoisotopic (exact) mass is 217 g/mol. The molecule has 0 radical (unpaired) electrons. The number of ether oxygens (including phenoxy) is 1. The Kier molecular flexibility index (Phi) is 3.11. The van der Waals surface area contributed by atoms with Crippen LogP contribution in [0.4, 0.5) is 13.2 Å². The Morgan fingerprint density at radius 3 is 2.67 bits per heavy atom. The summed E-state index contributed by atoms with van der Waals surface area (Å²) >= 11 is 0. The number of nitrogens with zero attached hydrogens (tertiary/aromatic N) is 2. The van der Waals surface area contributed by atoms with Gasteiger partial charge in [-0.1, -0.05) is 0 Å². The standard InChI is InChI=1S/C8H6F3N3O/c9-8(10,11)15-7-4-14-6(3-13)1-5(7)2-12/h1,4H,3,13H2. The number of aromatic nitrogens is 1. The van der Waals surface area contributed by atoms with Crippen LogP contribution in [0.25, 0.3) is 0 Å². The molecule has 0 aliphatic carbocycles. The Labute approximate surface area is 83.1 Å². The summed E-state index contributed by atoms with van der Waals surface area (Å²) in [6.07, 6.45) is -4.01. The molecule has 0 unspecified atom stereocenters. The topological polar surface area (TPSA) is 71.9 Å². The Morgan fingerprint density at radius 1 is 1.53 bits per heavy atom. The molecule has 0 aliphatic heterocycles. The van der Waals surface area contributed by atoms with E-state index in [0.717, 1.165) is 12.3 Å². The molecule has 80 valence electrons. The van der Waals surface area contributed by atoms with Crippen LogP contribution in [0.1, 0.15) is 11.3 Å². The largest absolute Gasteiger partial charge is 0.573 e. The predicted molar refractivity (Wildman–Crippen MR) is 43.5 cm³/mol. The number of hydrogen-bond donors (Lipinski definition) is 1. The van der Waals surface area contributed by atoms with Crippen LogP contribution in [-0.2, 0) is 6.54 Å². The molecule has 1 aromatic heterocycles. The van der Waals surface area contributed by atoms with Crippen LogP contribution in [0.3, 0.4) is 0 Å². The predicted octanol–water partition coefficient (Wildman–Crippen LogP) is 1.31. The normalized spacial score (nSPS) is 10.9. The number of rotatable bonds is 2. The lowest BCUT2D eigenvalue weighted by Crippen LogP contribution is -2.18. The minimum absolute atomic E-state index is 0.0426. The third kappa shape index (κ3) is 3.11. The number of hydrogen-bond acceptors (Lipinski definition) is 4. The first-order valence-electron chi connectivity index (χ1n) is 3.81. The first kappa shape index (κ1) is 11.3. The Bertz CT molecular complexity index is 397. The molecule has 0 atom stereocenters.